The van der Waals surface area contributed by atoms with Crippen LogP contribution in [-0.2, 0) is 0 Å². The molecule has 0 amide bonds. The lowest BCUT2D eigenvalue weighted by atomic mass is 9.97. The van der Waals surface area contributed by atoms with Gasteiger partial charge in [0.2, 0.25) is 0 Å². The second kappa shape index (κ2) is 2.40. The molecule has 0 radical (unpaired) electrons. The summed E-state index contributed by atoms with van der Waals surface area (Å²) in [6.07, 6.45) is 1.41. The van der Waals surface area contributed by atoms with Crippen molar-refractivity contribution in [1.29, 1.82) is 0 Å². The Hall–Kier alpha value is 0.310. The molecule has 2 rings (SSSR count). The van der Waals surface area contributed by atoms with Crippen LogP contribution in [0.4, 0.5) is 0 Å². The lowest BCUT2D eigenvalue weighted by molar-refractivity contribution is 0.430. The fraction of sp³-hybridized carbons (Fsp3) is 1.00. The number of hydrogen-bond acceptors (Lipinski definition) is 2. The Morgan fingerprint density at radius 2 is 2.09 bits per heavy atom. The summed E-state index contributed by atoms with van der Waals surface area (Å²) in [4.78, 5) is 0. The van der Waals surface area contributed by atoms with Gasteiger partial charge in [0.05, 0.1) is 0 Å². The Morgan fingerprint density at radius 1 is 1.45 bits per heavy atom. The SMILES string of the molecule is CC1(C)[C@@H](N)[C@@H]1C1CCSC1. The molecule has 3 atom stereocenters. The van der Waals surface area contributed by atoms with Gasteiger partial charge in [-0.15, -0.1) is 0 Å². The first-order chi connectivity index (χ1) is 5.14. The van der Waals surface area contributed by atoms with Crippen molar-refractivity contribution in [3.63, 3.8) is 0 Å². The van der Waals surface area contributed by atoms with Gasteiger partial charge in [-0.1, -0.05) is 13.8 Å². The summed E-state index contributed by atoms with van der Waals surface area (Å²) in [6, 6.07) is 0.492. The molecule has 0 spiro atoms. The van der Waals surface area contributed by atoms with Crippen LogP contribution in [0.25, 0.3) is 0 Å². The van der Waals surface area contributed by atoms with Crippen LogP contribution in [0.15, 0.2) is 0 Å². The summed E-state index contributed by atoms with van der Waals surface area (Å²) in [5.41, 5.74) is 6.47. The fourth-order valence-electron chi connectivity index (χ4n) is 2.45. The molecule has 0 aromatic carbocycles. The molecule has 1 saturated heterocycles. The highest BCUT2D eigenvalue weighted by Crippen LogP contribution is 2.57. The molecule has 1 nitrogen and oxygen atoms in total. The summed E-state index contributed by atoms with van der Waals surface area (Å²) in [5.74, 6) is 4.49. The topological polar surface area (TPSA) is 26.0 Å². The second-order valence-electron chi connectivity index (χ2n) is 4.50. The van der Waals surface area contributed by atoms with Crippen LogP contribution in [0, 0.1) is 17.3 Å². The van der Waals surface area contributed by atoms with Gasteiger partial charge in [-0.05, 0) is 35.2 Å². The number of nitrogens with two attached hydrogens (primary N) is 1. The van der Waals surface area contributed by atoms with E-state index < -0.39 is 0 Å². The molecule has 2 heteroatoms. The predicted molar refractivity (Wildman–Crippen MR) is 50.7 cm³/mol. The van der Waals surface area contributed by atoms with Gasteiger partial charge in [0.15, 0.2) is 0 Å². The lowest BCUT2D eigenvalue weighted by Crippen LogP contribution is -2.10. The highest BCUT2D eigenvalue weighted by Gasteiger charge is 2.58. The Balaban J connectivity index is 1.98. The highest BCUT2D eigenvalue weighted by atomic mass is 32.2. The monoisotopic (exact) mass is 171 g/mol. The molecule has 0 aromatic rings. The van der Waals surface area contributed by atoms with Crippen molar-refractivity contribution in [2.45, 2.75) is 26.3 Å². The maximum Gasteiger partial charge on any atom is 0.0131 e. The van der Waals surface area contributed by atoms with Crippen LogP contribution in [0.1, 0.15) is 20.3 Å². The molecule has 0 bridgehead atoms. The van der Waals surface area contributed by atoms with Crippen LogP contribution >= 0.6 is 11.8 Å². The van der Waals surface area contributed by atoms with Gasteiger partial charge < -0.3 is 5.73 Å². The first-order valence-electron chi connectivity index (χ1n) is 4.47. The summed E-state index contributed by atoms with van der Waals surface area (Å²) >= 11 is 2.10. The van der Waals surface area contributed by atoms with Crippen molar-refractivity contribution in [2.24, 2.45) is 23.0 Å². The molecular weight excluding hydrogens is 154 g/mol. The van der Waals surface area contributed by atoms with Gasteiger partial charge in [0, 0.05) is 6.04 Å². The molecule has 1 heterocycles. The zero-order chi connectivity index (χ0) is 8.06. The van der Waals surface area contributed by atoms with Crippen molar-refractivity contribution in [2.75, 3.05) is 11.5 Å². The lowest BCUT2D eigenvalue weighted by Gasteiger charge is -2.08. The minimum atomic E-state index is 0.454. The molecular formula is C9H17NS. The number of rotatable bonds is 1. The van der Waals surface area contributed by atoms with Gasteiger partial charge in [-0.3, -0.25) is 0 Å². The van der Waals surface area contributed by atoms with Crippen molar-refractivity contribution in [1.82, 2.24) is 0 Å². The van der Waals surface area contributed by atoms with Crippen LogP contribution in [0.5, 0.6) is 0 Å². The van der Waals surface area contributed by atoms with Gasteiger partial charge >= 0.3 is 0 Å². The first-order valence-corrected chi connectivity index (χ1v) is 5.63. The van der Waals surface area contributed by atoms with Crippen LogP contribution < -0.4 is 5.73 Å². The van der Waals surface area contributed by atoms with E-state index in [0.717, 1.165) is 11.8 Å². The molecule has 11 heavy (non-hydrogen) atoms. The van der Waals surface area contributed by atoms with E-state index in [-0.39, 0.29) is 0 Å². The largest absolute Gasteiger partial charge is 0.327 e. The third-order valence-corrected chi connectivity index (χ3v) is 4.66. The van der Waals surface area contributed by atoms with E-state index in [1.807, 2.05) is 0 Å². The van der Waals surface area contributed by atoms with Gasteiger partial charge in [-0.2, -0.15) is 11.8 Å². The van der Waals surface area contributed by atoms with E-state index in [9.17, 15) is 0 Å². The summed E-state index contributed by atoms with van der Waals surface area (Å²) < 4.78 is 0. The standard InChI is InChI=1S/C9H17NS/c1-9(2)7(8(9)10)6-3-4-11-5-6/h6-8H,3-5,10H2,1-2H3/t6?,7-,8-/m0/s1. The quantitative estimate of drug-likeness (QED) is 0.650. The Bertz CT molecular complexity index is 161. The number of hydrogen-bond donors (Lipinski definition) is 1. The summed E-state index contributed by atoms with van der Waals surface area (Å²) in [6.45, 7) is 4.62. The molecule has 64 valence electrons. The smallest absolute Gasteiger partial charge is 0.0131 e. The highest BCUT2D eigenvalue weighted by molar-refractivity contribution is 7.99. The molecule has 1 aliphatic heterocycles. The molecule has 1 saturated carbocycles. The maximum atomic E-state index is 6.01. The van der Waals surface area contributed by atoms with Crippen molar-refractivity contribution < 1.29 is 0 Å². The zero-order valence-corrected chi connectivity index (χ0v) is 8.16. The maximum absolute atomic E-state index is 6.01. The van der Waals surface area contributed by atoms with E-state index in [1.165, 1.54) is 17.9 Å². The molecule has 1 aliphatic carbocycles. The average molecular weight is 171 g/mol. The van der Waals surface area contributed by atoms with E-state index >= 15 is 0 Å². The molecule has 2 fully saturated rings. The number of thioether (sulfide) groups is 1. The summed E-state index contributed by atoms with van der Waals surface area (Å²) in [7, 11) is 0. The van der Waals surface area contributed by atoms with Crippen molar-refractivity contribution in [3.05, 3.63) is 0 Å². The second-order valence-corrected chi connectivity index (χ2v) is 5.65. The van der Waals surface area contributed by atoms with Gasteiger partial charge in [-0.25, -0.2) is 0 Å². The minimum absolute atomic E-state index is 0.454. The Morgan fingerprint density at radius 3 is 2.45 bits per heavy atom. The third-order valence-electron chi connectivity index (χ3n) is 3.47. The molecule has 2 aliphatic rings. The van der Waals surface area contributed by atoms with Crippen molar-refractivity contribution in [3.8, 4) is 0 Å². The fourth-order valence-corrected chi connectivity index (χ4v) is 3.77. The molecule has 2 N–H and O–H groups in total. The van der Waals surface area contributed by atoms with E-state index in [0.29, 0.717) is 11.5 Å². The Kier molecular flexibility index (Phi) is 1.73. The minimum Gasteiger partial charge on any atom is -0.327 e. The Labute approximate surface area is 73.1 Å². The van der Waals surface area contributed by atoms with Gasteiger partial charge in [0.25, 0.3) is 0 Å². The molecule has 1 unspecified atom stereocenters. The van der Waals surface area contributed by atoms with Gasteiger partial charge in [0.1, 0.15) is 0 Å². The normalized spacial score (nSPS) is 47.7. The van der Waals surface area contributed by atoms with Crippen molar-refractivity contribution >= 4 is 11.8 Å². The van der Waals surface area contributed by atoms with Crippen LogP contribution in [0.3, 0.4) is 0 Å². The van der Waals surface area contributed by atoms with Crippen LogP contribution in [-0.4, -0.2) is 17.5 Å². The zero-order valence-electron chi connectivity index (χ0n) is 7.34. The van der Waals surface area contributed by atoms with E-state index in [2.05, 4.69) is 25.6 Å². The summed E-state index contributed by atoms with van der Waals surface area (Å²) in [5, 5.41) is 0. The van der Waals surface area contributed by atoms with E-state index in [1.54, 1.807) is 0 Å². The average Bonchev–Trinajstić information content (AvgIpc) is 2.40. The van der Waals surface area contributed by atoms with E-state index in [4.69, 9.17) is 5.73 Å². The third kappa shape index (κ3) is 1.11. The molecule has 0 aromatic heterocycles. The van der Waals surface area contributed by atoms with Crippen LogP contribution in [0.2, 0.25) is 0 Å². The predicted octanol–water partition coefficient (Wildman–Crippen LogP) is 1.72. The first kappa shape index (κ1) is 7.93.